The minimum atomic E-state index is -4.58. The van der Waals surface area contributed by atoms with Gasteiger partial charge in [0.1, 0.15) is 12.1 Å². The number of alkyl halides is 3. The molecule has 0 unspecified atom stereocenters. The Morgan fingerprint density at radius 1 is 1.10 bits per heavy atom. The maximum absolute atomic E-state index is 12.6. The van der Waals surface area contributed by atoms with Crippen LogP contribution in [-0.2, 0) is 9.53 Å². The van der Waals surface area contributed by atoms with Gasteiger partial charge in [0.25, 0.3) is 5.91 Å². The molecule has 0 aliphatic heterocycles. The second kappa shape index (κ2) is 9.74. The standard InChI is InChI=1S/C20H19Cl2F3N2O4/c1-19(2,3)31-16(28)9-26-17(29)12-6-13(11-4-5-14(21)15(22)7-11)18(27-8-12)30-10-20(23,24)25/h4-8H,9-10H2,1-3H3,(H,26,29). The van der Waals surface area contributed by atoms with Gasteiger partial charge in [0.05, 0.1) is 15.6 Å². The molecular weight excluding hydrogens is 460 g/mol. The van der Waals surface area contributed by atoms with Crippen molar-refractivity contribution in [3.8, 4) is 17.0 Å². The number of rotatable bonds is 6. The van der Waals surface area contributed by atoms with E-state index in [9.17, 15) is 22.8 Å². The molecule has 1 aromatic carbocycles. The molecule has 6 nitrogen and oxygen atoms in total. The molecule has 0 radical (unpaired) electrons. The second-order valence-electron chi connectivity index (χ2n) is 7.38. The predicted octanol–water partition coefficient (Wildman–Crippen LogP) is 5.07. The third-order valence-corrected chi connectivity index (χ3v) is 4.27. The largest absolute Gasteiger partial charge is 0.468 e. The van der Waals surface area contributed by atoms with Gasteiger partial charge in [-0.1, -0.05) is 29.3 Å². The van der Waals surface area contributed by atoms with Crippen molar-refractivity contribution in [2.24, 2.45) is 0 Å². The highest BCUT2D eigenvalue weighted by atomic mass is 35.5. The van der Waals surface area contributed by atoms with Crippen LogP contribution in [0.3, 0.4) is 0 Å². The van der Waals surface area contributed by atoms with E-state index in [4.69, 9.17) is 32.7 Å². The molecule has 0 spiro atoms. The fourth-order valence-corrected chi connectivity index (χ4v) is 2.64. The highest BCUT2D eigenvalue weighted by Crippen LogP contribution is 2.34. The van der Waals surface area contributed by atoms with E-state index in [0.717, 1.165) is 6.20 Å². The zero-order valence-corrected chi connectivity index (χ0v) is 18.3. The number of amides is 1. The molecule has 0 fully saturated rings. The normalized spacial score (nSPS) is 11.7. The van der Waals surface area contributed by atoms with Gasteiger partial charge in [0, 0.05) is 11.8 Å². The van der Waals surface area contributed by atoms with Crippen LogP contribution in [0.25, 0.3) is 11.1 Å². The number of esters is 1. The Balaban J connectivity index is 2.30. The summed E-state index contributed by atoms with van der Waals surface area (Å²) >= 11 is 11.9. The molecule has 1 N–H and O–H groups in total. The lowest BCUT2D eigenvalue weighted by Crippen LogP contribution is -2.34. The molecule has 2 aromatic rings. The molecule has 0 saturated carbocycles. The van der Waals surface area contributed by atoms with Crippen molar-refractivity contribution in [1.82, 2.24) is 10.3 Å². The summed E-state index contributed by atoms with van der Waals surface area (Å²) < 4.78 is 47.7. The summed E-state index contributed by atoms with van der Waals surface area (Å²) in [6.07, 6.45) is -3.54. The first-order valence-electron chi connectivity index (χ1n) is 8.90. The summed E-state index contributed by atoms with van der Waals surface area (Å²) in [5, 5.41) is 2.77. The minimum absolute atomic E-state index is 0.0102. The number of nitrogens with one attached hydrogen (secondary N) is 1. The van der Waals surface area contributed by atoms with E-state index in [1.807, 2.05) is 0 Å². The van der Waals surface area contributed by atoms with Gasteiger partial charge in [-0.3, -0.25) is 9.59 Å². The van der Waals surface area contributed by atoms with Gasteiger partial charge in [0.2, 0.25) is 5.88 Å². The lowest BCUT2D eigenvalue weighted by molar-refractivity contribution is -0.154. The quantitative estimate of drug-likeness (QED) is 0.586. The average Bonchev–Trinajstić information content (AvgIpc) is 2.64. The molecule has 0 saturated heterocycles. The first-order valence-corrected chi connectivity index (χ1v) is 9.66. The van der Waals surface area contributed by atoms with Gasteiger partial charge >= 0.3 is 12.1 Å². The third kappa shape index (κ3) is 7.91. The molecule has 168 valence electrons. The van der Waals surface area contributed by atoms with E-state index >= 15 is 0 Å². The lowest BCUT2D eigenvalue weighted by atomic mass is 10.0. The topological polar surface area (TPSA) is 77.5 Å². The van der Waals surface area contributed by atoms with E-state index in [2.05, 4.69) is 10.3 Å². The Bertz CT molecular complexity index is 976. The van der Waals surface area contributed by atoms with Crippen molar-refractivity contribution in [3.63, 3.8) is 0 Å². The van der Waals surface area contributed by atoms with Crippen molar-refractivity contribution in [2.45, 2.75) is 32.5 Å². The molecule has 1 amide bonds. The second-order valence-corrected chi connectivity index (χ2v) is 8.19. The number of ether oxygens (including phenoxy) is 2. The molecular formula is C20H19Cl2F3N2O4. The summed E-state index contributed by atoms with van der Waals surface area (Å²) in [6.45, 7) is 3.07. The van der Waals surface area contributed by atoms with Gasteiger partial charge in [-0.05, 0) is 44.5 Å². The molecule has 1 aromatic heterocycles. The van der Waals surface area contributed by atoms with Gasteiger partial charge < -0.3 is 14.8 Å². The van der Waals surface area contributed by atoms with Crippen LogP contribution in [0.2, 0.25) is 10.0 Å². The Labute approximate surface area is 186 Å². The fraction of sp³-hybridized carbons (Fsp3) is 0.350. The van der Waals surface area contributed by atoms with Crippen LogP contribution in [0.4, 0.5) is 13.2 Å². The van der Waals surface area contributed by atoms with Crippen LogP contribution in [-0.4, -0.2) is 41.8 Å². The van der Waals surface area contributed by atoms with Gasteiger partial charge in [0.15, 0.2) is 6.61 Å². The molecule has 2 rings (SSSR count). The van der Waals surface area contributed by atoms with E-state index in [1.165, 1.54) is 24.3 Å². The minimum Gasteiger partial charge on any atom is -0.468 e. The number of nitrogens with zero attached hydrogens (tertiary/aromatic N) is 1. The predicted molar refractivity (Wildman–Crippen MR) is 109 cm³/mol. The van der Waals surface area contributed by atoms with Crippen LogP contribution in [0.5, 0.6) is 5.88 Å². The highest BCUT2D eigenvalue weighted by Gasteiger charge is 2.29. The molecule has 0 aliphatic rings. The number of carbonyl (C=O) groups is 2. The number of carbonyl (C=O) groups excluding carboxylic acids is 2. The number of hydrogen-bond acceptors (Lipinski definition) is 5. The Hall–Kier alpha value is -2.52. The maximum Gasteiger partial charge on any atom is 0.422 e. The average molecular weight is 479 g/mol. The van der Waals surface area contributed by atoms with Crippen molar-refractivity contribution >= 4 is 35.1 Å². The zero-order valence-electron chi connectivity index (χ0n) is 16.8. The van der Waals surface area contributed by atoms with Gasteiger partial charge in [-0.2, -0.15) is 13.2 Å². The Morgan fingerprint density at radius 2 is 1.77 bits per heavy atom. The van der Waals surface area contributed by atoms with E-state index in [-0.39, 0.29) is 27.1 Å². The molecule has 0 aliphatic carbocycles. The summed E-state index contributed by atoms with van der Waals surface area (Å²) in [6, 6.07) is 5.63. The number of halogens is 5. The van der Waals surface area contributed by atoms with Crippen molar-refractivity contribution in [2.75, 3.05) is 13.2 Å². The van der Waals surface area contributed by atoms with Crippen LogP contribution in [0.1, 0.15) is 31.1 Å². The van der Waals surface area contributed by atoms with E-state index in [1.54, 1.807) is 20.8 Å². The SMILES string of the molecule is CC(C)(C)OC(=O)CNC(=O)c1cnc(OCC(F)(F)F)c(-c2ccc(Cl)c(Cl)c2)c1. The lowest BCUT2D eigenvalue weighted by Gasteiger charge is -2.19. The molecule has 11 heteroatoms. The molecule has 31 heavy (non-hydrogen) atoms. The smallest absolute Gasteiger partial charge is 0.422 e. The van der Waals surface area contributed by atoms with Crippen LogP contribution in [0, 0.1) is 0 Å². The first kappa shape index (κ1) is 24.7. The zero-order chi connectivity index (χ0) is 23.4. The van der Waals surface area contributed by atoms with E-state index < -0.39 is 36.8 Å². The highest BCUT2D eigenvalue weighted by molar-refractivity contribution is 6.42. The monoisotopic (exact) mass is 478 g/mol. The summed E-state index contributed by atoms with van der Waals surface area (Å²) in [7, 11) is 0. The number of benzene rings is 1. The summed E-state index contributed by atoms with van der Waals surface area (Å²) in [5.74, 6) is -1.68. The van der Waals surface area contributed by atoms with Crippen LogP contribution in [0.15, 0.2) is 30.5 Å². The van der Waals surface area contributed by atoms with Crippen molar-refractivity contribution in [3.05, 3.63) is 46.1 Å². The Kier molecular flexibility index (Phi) is 7.77. The van der Waals surface area contributed by atoms with Crippen molar-refractivity contribution in [1.29, 1.82) is 0 Å². The maximum atomic E-state index is 12.6. The first-order chi connectivity index (χ1) is 14.2. The van der Waals surface area contributed by atoms with Crippen LogP contribution >= 0.6 is 23.2 Å². The van der Waals surface area contributed by atoms with E-state index in [0.29, 0.717) is 5.56 Å². The van der Waals surface area contributed by atoms with Gasteiger partial charge in [-0.15, -0.1) is 0 Å². The Morgan fingerprint density at radius 3 is 2.35 bits per heavy atom. The van der Waals surface area contributed by atoms with Crippen molar-refractivity contribution < 1.29 is 32.2 Å². The molecule has 1 heterocycles. The number of hydrogen-bond donors (Lipinski definition) is 1. The number of pyridine rings is 1. The molecule has 0 bridgehead atoms. The van der Waals surface area contributed by atoms with Crippen LogP contribution < -0.4 is 10.1 Å². The summed E-state index contributed by atoms with van der Waals surface area (Å²) in [4.78, 5) is 28.0. The number of aromatic nitrogens is 1. The molecule has 0 atom stereocenters. The third-order valence-electron chi connectivity index (χ3n) is 3.53. The summed E-state index contributed by atoms with van der Waals surface area (Å²) in [5.41, 5.74) is -0.306. The van der Waals surface area contributed by atoms with Gasteiger partial charge in [-0.25, -0.2) is 4.98 Å². The fourth-order valence-electron chi connectivity index (χ4n) is 2.34.